The molecule has 0 bridgehead atoms. The van der Waals surface area contributed by atoms with Crippen molar-refractivity contribution in [3.05, 3.63) is 0 Å². The van der Waals surface area contributed by atoms with Gasteiger partial charge in [-0.15, -0.1) is 0 Å². The van der Waals surface area contributed by atoms with Gasteiger partial charge in [0.1, 0.15) is 5.84 Å². The van der Waals surface area contributed by atoms with Gasteiger partial charge in [-0.25, -0.2) is 14.8 Å². The Kier molecular flexibility index (Phi) is 3.90. The molecule has 1 atom stereocenters. The molecule has 15 heavy (non-hydrogen) atoms. The highest BCUT2D eigenvalue weighted by Gasteiger charge is 2.39. The Balaban J connectivity index is 2.84. The molecule has 6 nitrogen and oxygen atoms in total. The van der Waals surface area contributed by atoms with Crippen molar-refractivity contribution in [3.63, 3.8) is 0 Å². The number of hydrogen-bond acceptors (Lipinski definition) is 5. The summed E-state index contributed by atoms with van der Waals surface area (Å²) in [4.78, 5) is 18.0. The van der Waals surface area contributed by atoms with E-state index >= 15 is 0 Å². The Morgan fingerprint density at radius 1 is 1.67 bits per heavy atom. The zero-order valence-electron chi connectivity index (χ0n) is 7.83. The molecule has 1 unspecified atom stereocenters. The van der Waals surface area contributed by atoms with Gasteiger partial charge in [-0.2, -0.15) is 0 Å². The van der Waals surface area contributed by atoms with Crippen LogP contribution >= 0.6 is 23.2 Å². The summed E-state index contributed by atoms with van der Waals surface area (Å²) in [6.45, 7) is 0.378. The molecule has 0 saturated heterocycles. The molecule has 84 valence electrons. The third kappa shape index (κ3) is 3.05. The minimum Gasteiger partial charge on any atom is -0.477 e. The minimum atomic E-state index is -2.06. The highest BCUT2D eigenvalue weighted by Crippen LogP contribution is 2.23. The average molecular weight is 254 g/mol. The lowest BCUT2D eigenvalue weighted by Crippen LogP contribution is -2.41. The van der Waals surface area contributed by atoms with Gasteiger partial charge in [0.05, 0.1) is 6.61 Å². The van der Waals surface area contributed by atoms with E-state index < -0.39 is 11.1 Å². The number of rotatable bonds is 4. The van der Waals surface area contributed by atoms with E-state index in [1.807, 2.05) is 0 Å². The Morgan fingerprint density at radius 2 is 2.33 bits per heavy atom. The number of carboxylic acid groups (broad SMARTS) is 1. The van der Waals surface area contributed by atoms with Crippen LogP contribution in [0, 0.1) is 0 Å². The molecule has 0 amide bonds. The Morgan fingerprint density at radius 3 is 2.87 bits per heavy atom. The van der Waals surface area contributed by atoms with E-state index in [4.69, 9.17) is 33.0 Å². The standard InChI is InChI=1S/C7H9Cl2N3O3/c1-15-3-2-4-10-6(8)12-7(9,11-4)5(13)14/h2-3H2,1H3,(H,13,14)(H,10,11,12). The van der Waals surface area contributed by atoms with Crippen LogP contribution in [0.1, 0.15) is 6.42 Å². The summed E-state index contributed by atoms with van der Waals surface area (Å²) >= 11 is 11.2. The van der Waals surface area contributed by atoms with Crippen LogP contribution in [0.15, 0.2) is 9.98 Å². The van der Waals surface area contributed by atoms with E-state index in [-0.39, 0.29) is 5.29 Å². The van der Waals surface area contributed by atoms with Gasteiger partial charge in [-0.3, -0.25) is 0 Å². The molecule has 0 aromatic carbocycles. The number of nitrogens with zero attached hydrogens (tertiary/aromatic N) is 2. The SMILES string of the molecule is COCCC1=NC(Cl)(C(=O)O)N=C(Cl)N1. The van der Waals surface area contributed by atoms with Crippen molar-refractivity contribution in [2.24, 2.45) is 9.98 Å². The van der Waals surface area contributed by atoms with E-state index in [1.54, 1.807) is 0 Å². The Labute approximate surface area is 95.9 Å². The van der Waals surface area contributed by atoms with Crippen molar-refractivity contribution >= 4 is 40.3 Å². The van der Waals surface area contributed by atoms with Gasteiger partial charge < -0.3 is 15.2 Å². The number of alkyl halides is 1. The summed E-state index contributed by atoms with van der Waals surface area (Å²) in [5.74, 6) is -1.05. The van der Waals surface area contributed by atoms with Crippen LogP contribution < -0.4 is 5.32 Å². The van der Waals surface area contributed by atoms with E-state index in [2.05, 4.69) is 15.3 Å². The maximum atomic E-state index is 10.8. The predicted molar refractivity (Wildman–Crippen MR) is 56.6 cm³/mol. The largest absolute Gasteiger partial charge is 0.477 e. The molecule has 0 aromatic rings. The number of hydrogen-bond donors (Lipinski definition) is 2. The molecule has 0 fully saturated rings. The molecule has 8 heteroatoms. The first-order valence-corrected chi connectivity index (χ1v) is 4.76. The summed E-state index contributed by atoms with van der Waals surface area (Å²) < 4.78 is 4.81. The second-order valence-corrected chi connectivity index (χ2v) is 3.61. The lowest BCUT2D eigenvalue weighted by atomic mass is 10.3. The zero-order valence-corrected chi connectivity index (χ0v) is 9.34. The molecule has 0 spiro atoms. The van der Waals surface area contributed by atoms with Crippen molar-refractivity contribution < 1.29 is 14.6 Å². The van der Waals surface area contributed by atoms with Crippen molar-refractivity contribution in [2.45, 2.75) is 11.5 Å². The highest BCUT2D eigenvalue weighted by molar-refractivity contribution is 6.66. The number of aliphatic imine (C=N–C) groups is 2. The molecule has 1 aliphatic rings. The molecule has 0 radical (unpaired) electrons. The molecule has 0 saturated carbocycles. The molecule has 1 rings (SSSR count). The summed E-state index contributed by atoms with van der Waals surface area (Å²) in [6.07, 6.45) is 0.379. The summed E-state index contributed by atoms with van der Waals surface area (Å²) in [6, 6.07) is 0. The number of nitrogens with one attached hydrogen (secondary N) is 1. The first-order valence-electron chi connectivity index (χ1n) is 4.00. The molecule has 0 aromatic heterocycles. The second kappa shape index (κ2) is 4.78. The van der Waals surface area contributed by atoms with E-state index in [0.717, 1.165) is 0 Å². The number of aliphatic carboxylic acids is 1. The Hall–Kier alpha value is -0.850. The third-order valence-corrected chi connectivity index (χ3v) is 2.10. The number of ether oxygens (including phenoxy) is 1. The maximum Gasteiger partial charge on any atom is 0.371 e. The van der Waals surface area contributed by atoms with Crippen LogP contribution in [-0.2, 0) is 9.53 Å². The predicted octanol–water partition coefficient (Wildman–Crippen LogP) is 0.597. The van der Waals surface area contributed by atoms with E-state index in [9.17, 15) is 4.79 Å². The summed E-state index contributed by atoms with van der Waals surface area (Å²) in [5.41, 5.74) is 0. The first kappa shape index (κ1) is 12.2. The van der Waals surface area contributed by atoms with Crippen molar-refractivity contribution in [1.29, 1.82) is 0 Å². The van der Waals surface area contributed by atoms with Gasteiger partial charge in [0.25, 0.3) is 0 Å². The van der Waals surface area contributed by atoms with Gasteiger partial charge in [0.15, 0.2) is 0 Å². The first-order chi connectivity index (χ1) is 6.98. The number of carbonyl (C=O) groups is 1. The fourth-order valence-corrected chi connectivity index (χ4v) is 1.38. The van der Waals surface area contributed by atoms with Crippen molar-refractivity contribution in [3.8, 4) is 0 Å². The van der Waals surface area contributed by atoms with Crippen molar-refractivity contribution in [2.75, 3.05) is 13.7 Å². The number of halogens is 2. The van der Waals surface area contributed by atoms with Crippen LogP contribution in [0.5, 0.6) is 0 Å². The topological polar surface area (TPSA) is 83.3 Å². The average Bonchev–Trinajstić information content (AvgIpc) is 2.13. The van der Waals surface area contributed by atoms with Crippen LogP contribution in [0.4, 0.5) is 0 Å². The Bertz CT molecular complexity index is 331. The highest BCUT2D eigenvalue weighted by atomic mass is 35.5. The molecule has 0 aliphatic carbocycles. The number of carboxylic acids is 1. The fraction of sp³-hybridized carbons (Fsp3) is 0.571. The van der Waals surface area contributed by atoms with Crippen LogP contribution in [0.3, 0.4) is 0 Å². The second-order valence-electron chi connectivity index (χ2n) is 2.72. The van der Waals surface area contributed by atoms with Crippen LogP contribution in [-0.4, -0.2) is 41.0 Å². The molecule has 1 aliphatic heterocycles. The van der Waals surface area contributed by atoms with Gasteiger partial charge >= 0.3 is 11.1 Å². The quantitative estimate of drug-likeness (QED) is 0.568. The van der Waals surface area contributed by atoms with Gasteiger partial charge in [-0.1, -0.05) is 11.6 Å². The minimum absolute atomic E-state index is 0.103. The lowest BCUT2D eigenvalue weighted by Gasteiger charge is -2.21. The lowest BCUT2D eigenvalue weighted by molar-refractivity contribution is -0.139. The van der Waals surface area contributed by atoms with Gasteiger partial charge in [0.2, 0.25) is 5.29 Å². The summed E-state index contributed by atoms with van der Waals surface area (Å²) in [5, 5.41) is 9.23. The van der Waals surface area contributed by atoms with E-state index in [1.165, 1.54) is 7.11 Å². The van der Waals surface area contributed by atoms with Crippen LogP contribution in [0.2, 0.25) is 0 Å². The molecule has 1 heterocycles. The third-order valence-electron chi connectivity index (χ3n) is 1.59. The van der Waals surface area contributed by atoms with Gasteiger partial charge in [-0.05, 0) is 11.6 Å². The summed E-state index contributed by atoms with van der Waals surface area (Å²) in [7, 11) is 1.52. The maximum absolute atomic E-state index is 10.8. The normalized spacial score (nSPS) is 25.3. The van der Waals surface area contributed by atoms with Gasteiger partial charge in [0, 0.05) is 13.5 Å². The van der Waals surface area contributed by atoms with Crippen LogP contribution in [0.25, 0.3) is 0 Å². The molecular weight excluding hydrogens is 245 g/mol. The number of methoxy groups -OCH3 is 1. The monoisotopic (exact) mass is 253 g/mol. The zero-order chi connectivity index (χ0) is 11.5. The number of amidine groups is 2. The fourth-order valence-electron chi connectivity index (χ4n) is 0.922. The van der Waals surface area contributed by atoms with E-state index in [0.29, 0.717) is 18.9 Å². The molecular formula is C7H9Cl2N3O3. The smallest absolute Gasteiger partial charge is 0.371 e. The van der Waals surface area contributed by atoms with Crippen molar-refractivity contribution in [1.82, 2.24) is 5.32 Å². The molecule has 2 N–H and O–H groups in total.